The molecular formula is C15H11Cl2NO. The Balaban J connectivity index is 2.40. The number of hydrogen-bond donors (Lipinski definition) is 0. The molecule has 0 radical (unpaired) electrons. The highest BCUT2D eigenvalue weighted by Crippen LogP contribution is 2.32. The van der Waals surface area contributed by atoms with Crippen LogP contribution < -0.4 is 0 Å². The van der Waals surface area contributed by atoms with E-state index in [2.05, 4.69) is 10.9 Å². The minimum absolute atomic E-state index is 0.193. The minimum atomic E-state index is -0.352. The van der Waals surface area contributed by atoms with Gasteiger partial charge in [-0.15, -0.1) is 6.42 Å². The Morgan fingerprint density at radius 3 is 2.79 bits per heavy atom. The lowest BCUT2D eigenvalue weighted by Gasteiger charge is -2.18. The molecule has 2 nitrogen and oxygen atoms in total. The Bertz CT molecular complexity index is 593. The lowest BCUT2D eigenvalue weighted by molar-refractivity contribution is 0.108. The van der Waals surface area contributed by atoms with Crippen LogP contribution in [0, 0.1) is 12.3 Å². The van der Waals surface area contributed by atoms with Crippen LogP contribution in [0.1, 0.15) is 17.2 Å². The van der Waals surface area contributed by atoms with E-state index in [1.807, 2.05) is 18.2 Å². The molecule has 0 aliphatic carbocycles. The first kappa shape index (κ1) is 13.9. The largest absolute Gasteiger partial charge is 0.356 e. The van der Waals surface area contributed by atoms with Crippen molar-refractivity contribution < 1.29 is 4.74 Å². The van der Waals surface area contributed by atoms with Crippen LogP contribution in [0.25, 0.3) is 0 Å². The first-order valence-electron chi connectivity index (χ1n) is 5.62. The molecule has 2 rings (SSSR count). The van der Waals surface area contributed by atoms with E-state index in [1.54, 1.807) is 24.5 Å². The third kappa shape index (κ3) is 3.48. The fourth-order valence-corrected chi connectivity index (χ4v) is 2.25. The molecule has 1 aromatic carbocycles. The molecule has 0 spiro atoms. The molecule has 0 saturated carbocycles. The van der Waals surface area contributed by atoms with Crippen molar-refractivity contribution >= 4 is 23.2 Å². The third-order valence-electron chi connectivity index (χ3n) is 2.57. The SMILES string of the molecule is C#CCOC(c1cccnc1)c1ccc(Cl)cc1Cl. The van der Waals surface area contributed by atoms with Crippen molar-refractivity contribution in [2.45, 2.75) is 6.10 Å². The number of nitrogens with zero attached hydrogens (tertiary/aromatic N) is 1. The zero-order valence-corrected chi connectivity index (χ0v) is 11.5. The van der Waals surface area contributed by atoms with Crippen LogP contribution >= 0.6 is 23.2 Å². The Labute approximate surface area is 122 Å². The molecule has 0 fully saturated rings. The van der Waals surface area contributed by atoms with E-state index in [0.717, 1.165) is 11.1 Å². The molecule has 1 aromatic heterocycles. The van der Waals surface area contributed by atoms with Crippen LogP contribution in [0.2, 0.25) is 10.0 Å². The van der Waals surface area contributed by atoms with Gasteiger partial charge in [0.05, 0.1) is 0 Å². The van der Waals surface area contributed by atoms with Crippen molar-refractivity contribution in [2.75, 3.05) is 6.61 Å². The fraction of sp³-hybridized carbons (Fsp3) is 0.133. The van der Waals surface area contributed by atoms with Crippen molar-refractivity contribution in [3.05, 3.63) is 63.9 Å². The molecule has 96 valence electrons. The number of terminal acetylenes is 1. The highest BCUT2D eigenvalue weighted by Gasteiger charge is 2.17. The van der Waals surface area contributed by atoms with E-state index in [4.69, 9.17) is 34.4 Å². The van der Waals surface area contributed by atoms with Gasteiger partial charge in [-0.1, -0.05) is 41.3 Å². The molecule has 19 heavy (non-hydrogen) atoms. The molecule has 1 unspecified atom stereocenters. The number of aromatic nitrogens is 1. The number of ether oxygens (including phenoxy) is 1. The van der Waals surface area contributed by atoms with Crippen LogP contribution in [0.5, 0.6) is 0 Å². The Kier molecular flexibility index (Phi) is 4.81. The molecular weight excluding hydrogens is 281 g/mol. The first-order chi connectivity index (χ1) is 9.22. The number of benzene rings is 1. The van der Waals surface area contributed by atoms with E-state index in [0.29, 0.717) is 10.0 Å². The third-order valence-corrected chi connectivity index (χ3v) is 3.13. The Hall–Kier alpha value is -1.53. The van der Waals surface area contributed by atoms with Gasteiger partial charge in [-0.25, -0.2) is 0 Å². The maximum absolute atomic E-state index is 6.22. The summed E-state index contributed by atoms with van der Waals surface area (Å²) in [6, 6.07) is 9.04. The zero-order chi connectivity index (χ0) is 13.7. The van der Waals surface area contributed by atoms with Crippen molar-refractivity contribution in [2.24, 2.45) is 0 Å². The molecule has 0 N–H and O–H groups in total. The van der Waals surface area contributed by atoms with Gasteiger partial charge in [-0.3, -0.25) is 4.98 Å². The van der Waals surface area contributed by atoms with E-state index < -0.39 is 0 Å². The molecule has 0 bridgehead atoms. The topological polar surface area (TPSA) is 22.1 Å². The fourth-order valence-electron chi connectivity index (χ4n) is 1.74. The molecule has 0 aliphatic heterocycles. The number of halogens is 2. The summed E-state index contributed by atoms with van der Waals surface area (Å²) in [5.74, 6) is 2.46. The van der Waals surface area contributed by atoms with Gasteiger partial charge < -0.3 is 4.74 Å². The second-order valence-corrected chi connectivity index (χ2v) is 4.69. The normalized spacial score (nSPS) is 11.8. The summed E-state index contributed by atoms with van der Waals surface area (Å²) in [7, 11) is 0. The van der Waals surface area contributed by atoms with Crippen LogP contribution in [0.15, 0.2) is 42.7 Å². The smallest absolute Gasteiger partial charge is 0.112 e. The highest BCUT2D eigenvalue weighted by atomic mass is 35.5. The van der Waals surface area contributed by atoms with Crippen molar-refractivity contribution in [1.29, 1.82) is 0 Å². The van der Waals surface area contributed by atoms with Gasteiger partial charge in [0.25, 0.3) is 0 Å². The molecule has 2 aromatic rings. The van der Waals surface area contributed by atoms with Crippen LogP contribution in [-0.4, -0.2) is 11.6 Å². The molecule has 0 aliphatic rings. The Morgan fingerprint density at radius 2 is 2.16 bits per heavy atom. The van der Waals surface area contributed by atoms with Crippen molar-refractivity contribution in [3.8, 4) is 12.3 Å². The molecule has 0 saturated heterocycles. The summed E-state index contributed by atoms with van der Waals surface area (Å²) in [6.45, 7) is 0.193. The second-order valence-electron chi connectivity index (χ2n) is 3.85. The monoisotopic (exact) mass is 291 g/mol. The predicted molar refractivity (Wildman–Crippen MR) is 77.3 cm³/mol. The van der Waals surface area contributed by atoms with Crippen LogP contribution in [0.4, 0.5) is 0 Å². The molecule has 1 atom stereocenters. The van der Waals surface area contributed by atoms with Gasteiger partial charge in [0.1, 0.15) is 12.7 Å². The molecule has 4 heteroatoms. The summed E-state index contributed by atoms with van der Waals surface area (Å²) in [5.41, 5.74) is 1.70. The van der Waals surface area contributed by atoms with Gasteiger partial charge in [-0.2, -0.15) is 0 Å². The standard InChI is InChI=1S/C15H11Cl2NO/c1-2-8-19-15(11-4-3-7-18-10-11)13-6-5-12(16)9-14(13)17/h1,3-7,9-10,15H,8H2. The van der Waals surface area contributed by atoms with Crippen molar-refractivity contribution in [3.63, 3.8) is 0 Å². The van der Waals surface area contributed by atoms with Gasteiger partial charge in [0.2, 0.25) is 0 Å². The van der Waals surface area contributed by atoms with Crippen molar-refractivity contribution in [1.82, 2.24) is 4.98 Å². The lowest BCUT2D eigenvalue weighted by atomic mass is 10.0. The zero-order valence-electron chi connectivity index (χ0n) is 10.0. The van der Waals surface area contributed by atoms with Gasteiger partial charge in [0.15, 0.2) is 0 Å². The average molecular weight is 292 g/mol. The van der Waals surface area contributed by atoms with Gasteiger partial charge in [-0.05, 0) is 18.2 Å². The van der Waals surface area contributed by atoms with E-state index in [-0.39, 0.29) is 12.7 Å². The van der Waals surface area contributed by atoms with Crippen LogP contribution in [-0.2, 0) is 4.74 Å². The summed E-state index contributed by atoms with van der Waals surface area (Å²) in [6.07, 6.45) is 8.33. The van der Waals surface area contributed by atoms with Gasteiger partial charge >= 0.3 is 0 Å². The van der Waals surface area contributed by atoms with Crippen LogP contribution in [0.3, 0.4) is 0 Å². The summed E-state index contributed by atoms with van der Waals surface area (Å²) >= 11 is 12.1. The summed E-state index contributed by atoms with van der Waals surface area (Å²) < 4.78 is 5.68. The van der Waals surface area contributed by atoms with E-state index in [1.165, 1.54) is 0 Å². The number of hydrogen-bond acceptors (Lipinski definition) is 2. The second kappa shape index (κ2) is 6.58. The van der Waals surface area contributed by atoms with E-state index in [9.17, 15) is 0 Å². The first-order valence-corrected chi connectivity index (χ1v) is 6.38. The maximum atomic E-state index is 6.22. The molecule has 0 amide bonds. The molecule has 1 heterocycles. The Morgan fingerprint density at radius 1 is 1.32 bits per heavy atom. The quantitative estimate of drug-likeness (QED) is 0.791. The summed E-state index contributed by atoms with van der Waals surface area (Å²) in [4.78, 5) is 4.09. The minimum Gasteiger partial charge on any atom is -0.356 e. The highest BCUT2D eigenvalue weighted by molar-refractivity contribution is 6.35. The maximum Gasteiger partial charge on any atom is 0.112 e. The number of pyridine rings is 1. The predicted octanol–water partition coefficient (Wildman–Crippen LogP) is 4.13. The summed E-state index contributed by atoms with van der Waals surface area (Å²) in [5, 5.41) is 1.12. The lowest BCUT2D eigenvalue weighted by Crippen LogP contribution is -2.07. The number of rotatable bonds is 4. The van der Waals surface area contributed by atoms with E-state index >= 15 is 0 Å². The average Bonchev–Trinajstić information content (AvgIpc) is 2.42. The van der Waals surface area contributed by atoms with Gasteiger partial charge in [0, 0.05) is 33.6 Å².